The highest BCUT2D eigenvalue weighted by molar-refractivity contribution is 7.99. The summed E-state index contributed by atoms with van der Waals surface area (Å²) >= 11 is 7.86. The smallest absolute Gasteiger partial charge is 0.416 e. The summed E-state index contributed by atoms with van der Waals surface area (Å²) in [6, 6.07) is 10.3. The summed E-state index contributed by atoms with van der Waals surface area (Å²) in [7, 11) is 1.53. The molecule has 3 aromatic rings. The van der Waals surface area contributed by atoms with Gasteiger partial charge in [-0.3, -0.25) is 9.78 Å². The SMILES string of the molecule is COc1ccc2ncc(Cl)c([C@@H](F)CCC3(CC(=O)O)CCN(CCSc4ccc(C(F)(F)F)cc4)CC3)c2c1. The van der Waals surface area contributed by atoms with E-state index in [-0.39, 0.29) is 17.9 Å². The Hall–Kier alpha value is -2.56. The second kappa shape index (κ2) is 13.0. The zero-order valence-corrected chi connectivity index (χ0v) is 23.6. The number of ether oxygens (including phenoxy) is 1. The van der Waals surface area contributed by atoms with Crippen LogP contribution in [0.3, 0.4) is 0 Å². The normalized spacial score (nSPS) is 16.6. The molecule has 1 atom stereocenters. The van der Waals surface area contributed by atoms with Crippen LogP contribution in [-0.2, 0) is 11.0 Å². The maximum Gasteiger partial charge on any atom is 0.416 e. The highest BCUT2D eigenvalue weighted by atomic mass is 35.5. The highest BCUT2D eigenvalue weighted by Gasteiger charge is 2.37. The van der Waals surface area contributed by atoms with Crippen LogP contribution in [0.25, 0.3) is 10.9 Å². The summed E-state index contributed by atoms with van der Waals surface area (Å²) in [6.45, 7) is 2.07. The first-order valence-electron chi connectivity index (χ1n) is 13.0. The molecule has 1 aliphatic heterocycles. The Bertz CT molecular complexity index is 1320. The second-order valence-corrected chi connectivity index (χ2v) is 11.8. The molecule has 40 heavy (non-hydrogen) atoms. The summed E-state index contributed by atoms with van der Waals surface area (Å²) in [4.78, 5) is 19.0. The summed E-state index contributed by atoms with van der Waals surface area (Å²) in [5, 5.41) is 10.4. The molecule has 5 nitrogen and oxygen atoms in total. The van der Waals surface area contributed by atoms with Crippen molar-refractivity contribution < 1.29 is 32.2 Å². The number of likely N-dealkylation sites (tertiary alicyclic amines) is 1. The lowest BCUT2D eigenvalue weighted by molar-refractivity contribution is -0.141. The summed E-state index contributed by atoms with van der Waals surface area (Å²) < 4.78 is 59.3. The molecule has 1 N–H and O–H groups in total. The van der Waals surface area contributed by atoms with Gasteiger partial charge in [-0.15, -0.1) is 11.8 Å². The summed E-state index contributed by atoms with van der Waals surface area (Å²) in [5.74, 6) is 0.357. The van der Waals surface area contributed by atoms with Crippen LogP contribution >= 0.6 is 23.4 Å². The standard InChI is InChI=1S/C29H31ClF4N2O3S/c1-39-20-4-7-25-22(16-20)27(23(30)18-35-25)24(31)8-9-28(17-26(37)38)10-12-36(13-11-28)14-15-40-21-5-2-19(3-6-21)29(32,33)34/h2-7,16,18,24H,8-15,17H2,1H3,(H,37,38)/t24-/m0/s1. The van der Waals surface area contributed by atoms with Gasteiger partial charge < -0.3 is 14.7 Å². The van der Waals surface area contributed by atoms with Gasteiger partial charge in [0.2, 0.25) is 0 Å². The number of nitrogens with zero attached hydrogens (tertiary/aromatic N) is 2. The highest BCUT2D eigenvalue weighted by Crippen LogP contribution is 2.44. The molecule has 0 spiro atoms. The zero-order chi connectivity index (χ0) is 28.9. The van der Waals surface area contributed by atoms with E-state index in [0.717, 1.165) is 23.6 Å². The van der Waals surface area contributed by atoms with Gasteiger partial charge in [-0.2, -0.15) is 13.2 Å². The van der Waals surface area contributed by atoms with Crippen LogP contribution in [-0.4, -0.2) is 53.5 Å². The van der Waals surface area contributed by atoms with E-state index in [1.165, 1.54) is 37.2 Å². The first-order chi connectivity index (χ1) is 19.0. The first kappa shape index (κ1) is 30.4. The molecule has 2 aromatic carbocycles. The fourth-order valence-electron chi connectivity index (χ4n) is 5.31. The van der Waals surface area contributed by atoms with E-state index in [1.807, 2.05) is 0 Å². The number of thioether (sulfide) groups is 1. The van der Waals surface area contributed by atoms with Crippen LogP contribution in [0, 0.1) is 5.41 Å². The molecule has 11 heteroatoms. The molecule has 1 fully saturated rings. The number of carboxylic acid groups (broad SMARTS) is 1. The van der Waals surface area contributed by atoms with Crippen molar-refractivity contribution in [2.75, 3.05) is 32.5 Å². The third-order valence-electron chi connectivity index (χ3n) is 7.61. The predicted molar refractivity (Wildman–Crippen MR) is 149 cm³/mol. The van der Waals surface area contributed by atoms with Crippen molar-refractivity contribution >= 4 is 40.2 Å². The molecule has 0 bridgehead atoms. The topological polar surface area (TPSA) is 62.7 Å². The van der Waals surface area contributed by atoms with Crippen molar-refractivity contribution in [2.24, 2.45) is 5.41 Å². The van der Waals surface area contributed by atoms with E-state index >= 15 is 4.39 Å². The van der Waals surface area contributed by atoms with Gasteiger partial charge in [0.15, 0.2) is 0 Å². The molecule has 1 saturated heterocycles. The van der Waals surface area contributed by atoms with E-state index in [4.69, 9.17) is 16.3 Å². The van der Waals surface area contributed by atoms with Gasteiger partial charge >= 0.3 is 12.1 Å². The van der Waals surface area contributed by atoms with E-state index in [9.17, 15) is 23.1 Å². The average Bonchev–Trinajstić information content (AvgIpc) is 2.92. The van der Waals surface area contributed by atoms with Crippen LogP contribution in [0.4, 0.5) is 17.6 Å². The molecule has 4 rings (SSSR count). The zero-order valence-electron chi connectivity index (χ0n) is 22.0. The minimum absolute atomic E-state index is 0.0352. The lowest BCUT2D eigenvalue weighted by Crippen LogP contribution is -2.42. The molecule has 0 unspecified atom stereocenters. The molecule has 216 valence electrons. The third-order valence-corrected chi connectivity index (χ3v) is 8.90. The van der Waals surface area contributed by atoms with Crippen molar-refractivity contribution in [3.63, 3.8) is 0 Å². The number of aromatic nitrogens is 1. The quantitative estimate of drug-likeness (QED) is 0.178. The van der Waals surface area contributed by atoms with Crippen molar-refractivity contribution in [1.29, 1.82) is 0 Å². The Balaban J connectivity index is 1.35. The van der Waals surface area contributed by atoms with Crippen LogP contribution in [0.2, 0.25) is 5.02 Å². The molecule has 0 amide bonds. The maximum absolute atomic E-state index is 15.7. The molecule has 0 aliphatic carbocycles. The van der Waals surface area contributed by atoms with Crippen molar-refractivity contribution in [2.45, 2.75) is 49.3 Å². The van der Waals surface area contributed by atoms with Gasteiger partial charge in [-0.05, 0) is 86.7 Å². The minimum atomic E-state index is -4.35. The Morgan fingerprint density at radius 2 is 1.90 bits per heavy atom. The number of pyridine rings is 1. The van der Waals surface area contributed by atoms with Crippen LogP contribution in [0.1, 0.15) is 49.4 Å². The van der Waals surface area contributed by atoms with Crippen LogP contribution < -0.4 is 4.74 Å². The average molecular weight is 599 g/mol. The Labute approximate surface area is 239 Å². The maximum atomic E-state index is 15.7. The van der Waals surface area contributed by atoms with Crippen molar-refractivity contribution in [1.82, 2.24) is 9.88 Å². The van der Waals surface area contributed by atoms with Crippen LogP contribution in [0.5, 0.6) is 5.75 Å². The van der Waals surface area contributed by atoms with Crippen molar-refractivity contribution in [3.05, 3.63) is 64.8 Å². The van der Waals surface area contributed by atoms with Gasteiger partial charge in [-0.1, -0.05) is 11.6 Å². The number of hydrogen-bond acceptors (Lipinski definition) is 5. The fraction of sp³-hybridized carbons (Fsp3) is 0.448. The van der Waals surface area contributed by atoms with E-state index in [0.29, 0.717) is 60.3 Å². The van der Waals surface area contributed by atoms with Gasteiger partial charge in [0.25, 0.3) is 0 Å². The van der Waals surface area contributed by atoms with Crippen LogP contribution in [0.15, 0.2) is 53.6 Å². The largest absolute Gasteiger partial charge is 0.497 e. The van der Waals surface area contributed by atoms with Crippen molar-refractivity contribution in [3.8, 4) is 5.75 Å². The number of hydrogen-bond donors (Lipinski definition) is 1. The summed E-state index contributed by atoms with van der Waals surface area (Å²) in [5.41, 5.74) is -0.253. The number of fused-ring (bicyclic) bond motifs is 1. The molecule has 1 aliphatic rings. The van der Waals surface area contributed by atoms with E-state index < -0.39 is 29.3 Å². The van der Waals surface area contributed by atoms with Gasteiger partial charge in [0, 0.05) is 34.3 Å². The Morgan fingerprint density at radius 3 is 2.52 bits per heavy atom. The molecule has 1 aromatic heterocycles. The number of piperidine rings is 1. The lowest BCUT2D eigenvalue weighted by atomic mass is 9.71. The fourth-order valence-corrected chi connectivity index (χ4v) is 6.49. The molecule has 2 heterocycles. The number of carboxylic acids is 1. The van der Waals surface area contributed by atoms with Gasteiger partial charge in [0.05, 0.1) is 29.6 Å². The second-order valence-electron chi connectivity index (χ2n) is 10.2. The first-order valence-corrected chi connectivity index (χ1v) is 14.4. The number of rotatable bonds is 11. The number of halogens is 5. The molecular weight excluding hydrogens is 568 g/mol. The predicted octanol–water partition coefficient (Wildman–Crippen LogP) is 8.06. The Morgan fingerprint density at radius 1 is 1.20 bits per heavy atom. The summed E-state index contributed by atoms with van der Waals surface area (Å²) in [6.07, 6.45) is -2.57. The molecular formula is C29H31ClF4N2O3S. The van der Waals surface area contributed by atoms with E-state index in [2.05, 4.69) is 9.88 Å². The number of alkyl halides is 4. The monoisotopic (exact) mass is 598 g/mol. The molecule has 0 saturated carbocycles. The minimum Gasteiger partial charge on any atom is -0.497 e. The number of carbonyl (C=O) groups is 1. The van der Waals surface area contributed by atoms with Gasteiger partial charge in [0.1, 0.15) is 11.9 Å². The van der Waals surface area contributed by atoms with Gasteiger partial charge in [-0.25, -0.2) is 4.39 Å². The third kappa shape index (κ3) is 7.59. The number of aliphatic carboxylic acids is 1. The number of benzene rings is 2. The molecule has 0 radical (unpaired) electrons. The Kier molecular flexibility index (Phi) is 9.85. The number of methoxy groups -OCH3 is 1. The lowest BCUT2D eigenvalue weighted by Gasteiger charge is -2.41. The van der Waals surface area contributed by atoms with E-state index in [1.54, 1.807) is 18.2 Å².